The fourth-order valence-corrected chi connectivity index (χ4v) is 8.61. The Hall–Kier alpha value is -3.46. The lowest BCUT2D eigenvalue weighted by Crippen LogP contribution is -2.67. The molecule has 236 valence electrons. The predicted octanol–water partition coefficient (Wildman–Crippen LogP) is 2.13. The van der Waals surface area contributed by atoms with Gasteiger partial charge in [0, 0.05) is 17.4 Å². The van der Waals surface area contributed by atoms with Gasteiger partial charge in [0.1, 0.15) is 27.2 Å². The average Bonchev–Trinajstić information content (AvgIpc) is 3.09. The van der Waals surface area contributed by atoms with Gasteiger partial charge < -0.3 is 29.6 Å². The first-order valence-electron chi connectivity index (χ1n) is 13.5. The minimum absolute atomic E-state index is 0.0743. The molecule has 1 aromatic carbocycles. The molecule has 0 bridgehead atoms. The zero-order valence-corrected chi connectivity index (χ0v) is 26.5. The van der Waals surface area contributed by atoms with Crippen LogP contribution in [0.1, 0.15) is 45.6 Å². The Morgan fingerprint density at radius 3 is 2.02 bits per heavy atom. The maximum atomic E-state index is 13.7. The number of imide groups is 1. The molecule has 0 spiro atoms. The summed E-state index contributed by atoms with van der Waals surface area (Å²) >= 11 is 2.08. The van der Waals surface area contributed by atoms with E-state index in [-0.39, 0.29) is 24.5 Å². The van der Waals surface area contributed by atoms with Gasteiger partial charge in [0.15, 0.2) is 0 Å². The first-order valence-corrected chi connectivity index (χ1v) is 15.5. The van der Waals surface area contributed by atoms with Crippen LogP contribution in [0.5, 0.6) is 0 Å². The molecule has 2 aliphatic rings. The van der Waals surface area contributed by atoms with Crippen LogP contribution in [-0.4, -0.2) is 95.5 Å². The molecule has 3 rings (SSSR count). The number of alkyl carbamates (subject to hydrolysis) is 2. The first-order chi connectivity index (χ1) is 20.2. The van der Waals surface area contributed by atoms with E-state index in [1.165, 1.54) is 7.11 Å². The number of amides is 4. The summed E-state index contributed by atoms with van der Waals surface area (Å²) in [5.41, 5.74) is -0.0414. The van der Waals surface area contributed by atoms with Crippen LogP contribution in [0, 0.1) is 0 Å². The molecule has 0 aromatic heterocycles. The zero-order valence-electron chi connectivity index (χ0n) is 24.8. The van der Waals surface area contributed by atoms with E-state index in [4.69, 9.17) is 18.9 Å². The summed E-state index contributed by atoms with van der Waals surface area (Å²) in [5.74, 6) is -3.37. The van der Waals surface area contributed by atoms with Gasteiger partial charge in [-0.15, -0.1) is 23.5 Å². The number of rotatable bonds is 12. The minimum Gasteiger partial charge on any atom is -0.467 e. The van der Waals surface area contributed by atoms with Gasteiger partial charge >= 0.3 is 24.1 Å². The molecule has 5 atom stereocenters. The lowest BCUT2D eigenvalue weighted by Gasteiger charge is -2.56. The van der Waals surface area contributed by atoms with Crippen LogP contribution in [0.25, 0.3) is 0 Å². The summed E-state index contributed by atoms with van der Waals surface area (Å²) in [7, 11) is 2.33. The molecule has 0 unspecified atom stereocenters. The Labute approximate surface area is 258 Å². The highest BCUT2D eigenvalue weighted by molar-refractivity contribution is 8.06. The van der Waals surface area contributed by atoms with Gasteiger partial charge in [0.05, 0.1) is 20.8 Å². The minimum atomic E-state index is -1.44. The molecule has 1 aliphatic carbocycles. The molecule has 2 fully saturated rings. The second-order valence-corrected chi connectivity index (χ2v) is 13.4. The second kappa shape index (κ2) is 13.9. The van der Waals surface area contributed by atoms with Gasteiger partial charge in [-0.3, -0.25) is 14.9 Å². The SMILES string of the molecule is CCOC(=O)N[C@@H](CS[C@]12C[C@H](c3ccccc3)[C@@]1(SC[C@H](NC(=O)OC(C)(C)C)C(=O)OC)C(=O)NC2=O)C(=O)OC. The highest BCUT2D eigenvalue weighted by atomic mass is 32.2. The third-order valence-corrected chi connectivity index (χ3v) is 10.5. The van der Waals surface area contributed by atoms with Crippen molar-refractivity contribution in [2.75, 3.05) is 32.3 Å². The van der Waals surface area contributed by atoms with Crippen LogP contribution in [0.3, 0.4) is 0 Å². The number of carbonyl (C=O) groups is 6. The van der Waals surface area contributed by atoms with Crippen molar-refractivity contribution in [3.63, 3.8) is 0 Å². The zero-order chi connectivity index (χ0) is 32.0. The van der Waals surface area contributed by atoms with Crippen LogP contribution in [0.4, 0.5) is 9.59 Å². The van der Waals surface area contributed by atoms with Crippen molar-refractivity contribution in [1.29, 1.82) is 0 Å². The lowest BCUT2D eigenvalue weighted by molar-refractivity contribution is -0.143. The average molecular weight is 640 g/mol. The van der Waals surface area contributed by atoms with Crippen molar-refractivity contribution < 1.29 is 47.7 Å². The third-order valence-electron chi connectivity index (χ3n) is 6.92. The smallest absolute Gasteiger partial charge is 0.408 e. The van der Waals surface area contributed by atoms with Crippen molar-refractivity contribution in [3.05, 3.63) is 35.9 Å². The number of carbonyl (C=O) groups excluding carboxylic acids is 6. The van der Waals surface area contributed by atoms with Crippen molar-refractivity contribution >= 4 is 59.5 Å². The maximum absolute atomic E-state index is 13.7. The van der Waals surface area contributed by atoms with E-state index in [0.29, 0.717) is 0 Å². The van der Waals surface area contributed by atoms with E-state index in [2.05, 4.69) is 16.0 Å². The topological polar surface area (TPSA) is 175 Å². The van der Waals surface area contributed by atoms with Gasteiger partial charge in [0.25, 0.3) is 0 Å². The quantitative estimate of drug-likeness (QED) is 0.173. The molecule has 4 amide bonds. The summed E-state index contributed by atoms with van der Waals surface area (Å²) in [4.78, 5) is 77.1. The molecule has 15 heteroatoms. The fourth-order valence-electron chi connectivity index (χ4n) is 5.01. The summed E-state index contributed by atoms with van der Waals surface area (Å²) in [6.07, 6.45) is -1.47. The molecule has 1 saturated heterocycles. The summed E-state index contributed by atoms with van der Waals surface area (Å²) < 4.78 is 17.1. The highest BCUT2D eigenvalue weighted by Crippen LogP contribution is 2.68. The molecule has 0 radical (unpaired) electrons. The Balaban J connectivity index is 1.96. The standard InChI is InChI=1S/C28H37N3O10S2/c1-7-40-24(36)29-18(20(32)38-5)14-42-27-13-17(16-11-9-8-10-12-16)28(27,23(35)31-22(27)34)43-15-19(21(33)39-6)30-25(37)41-26(2,3)4/h8-12,17-19H,7,13-15H2,1-6H3,(H,29,36)(H,30,37)(H,31,34,35)/t17-,18+,19+,27+,28-/m1/s1. The van der Waals surface area contributed by atoms with Crippen LogP contribution in [-0.2, 0) is 38.1 Å². The van der Waals surface area contributed by atoms with Gasteiger partial charge in [-0.05, 0) is 39.7 Å². The third kappa shape index (κ3) is 7.20. The molecule has 1 heterocycles. The van der Waals surface area contributed by atoms with Gasteiger partial charge in [-0.2, -0.15) is 0 Å². The largest absolute Gasteiger partial charge is 0.467 e. The van der Waals surface area contributed by atoms with Crippen molar-refractivity contribution in [2.45, 2.75) is 67.2 Å². The molecule has 1 aromatic rings. The lowest BCUT2D eigenvalue weighted by atomic mass is 9.61. The predicted molar refractivity (Wildman–Crippen MR) is 158 cm³/mol. The van der Waals surface area contributed by atoms with Gasteiger partial charge in [0.2, 0.25) is 11.8 Å². The van der Waals surface area contributed by atoms with Crippen molar-refractivity contribution in [2.24, 2.45) is 0 Å². The van der Waals surface area contributed by atoms with E-state index >= 15 is 0 Å². The second-order valence-electron chi connectivity index (χ2n) is 10.8. The molecule has 3 N–H and O–H groups in total. The Bertz CT molecular complexity index is 1240. The number of esters is 2. The highest BCUT2D eigenvalue weighted by Gasteiger charge is 2.78. The Morgan fingerprint density at radius 1 is 0.930 bits per heavy atom. The van der Waals surface area contributed by atoms with Gasteiger partial charge in [-0.1, -0.05) is 30.3 Å². The Kier molecular flexibility index (Phi) is 11.0. The van der Waals surface area contributed by atoms with Gasteiger partial charge in [-0.25, -0.2) is 19.2 Å². The van der Waals surface area contributed by atoms with Crippen LogP contribution >= 0.6 is 23.5 Å². The van der Waals surface area contributed by atoms with E-state index in [0.717, 1.165) is 36.2 Å². The van der Waals surface area contributed by atoms with Crippen molar-refractivity contribution in [3.8, 4) is 0 Å². The number of thioether (sulfide) groups is 2. The number of ether oxygens (including phenoxy) is 4. The number of benzene rings is 1. The molecule has 13 nitrogen and oxygen atoms in total. The van der Waals surface area contributed by atoms with E-state index in [1.807, 2.05) is 30.3 Å². The molecule has 43 heavy (non-hydrogen) atoms. The van der Waals surface area contributed by atoms with Crippen LogP contribution in [0.2, 0.25) is 0 Å². The number of hydrogen-bond acceptors (Lipinski definition) is 12. The molecule has 1 saturated carbocycles. The maximum Gasteiger partial charge on any atom is 0.408 e. The number of fused-ring (bicyclic) bond motifs is 1. The Morgan fingerprint density at radius 2 is 1.49 bits per heavy atom. The number of hydrogen-bond donors (Lipinski definition) is 3. The van der Waals surface area contributed by atoms with Crippen molar-refractivity contribution in [1.82, 2.24) is 16.0 Å². The summed E-state index contributed by atoms with van der Waals surface area (Å²) in [5, 5.41) is 7.39. The molecular weight excluding hydrogens is 602 g/mol. The monoisotopic (exact) mass is 639 g/mol. The van der Waals surface area contributed by atoms with Crippen LogP contribution in [0.15, 0.2) is 30.3 Å². The van der Waals surface area contributed by atoms with E-state index in [9.17, 15) is 28.8 Å². The van der Waals surface area contributed by atoms with E-state index < -0.39 is 69.0 Å². The summed E-state index contributed by atoms with van der Waals surface area (Å²) in [6.45, 7) is 6.70. The number of nitrogens with one attached hydrogen (secondary N) is 3. The van der Waals surface area contributed by atoms with E-state index in [1.54, 1.807) is 27.7 Å². The molecule has 1 aliphatic heterocycles. The first kappa shape index (κ1) is 34.0. The normalized spacial score (nSPS) is 23.9. The molecular formula is C28H37N3O10S2. The van der Waals surface area contributed by atoms with Crippen LogP contribution < -0.4 is 16.0 Å². The fraction of sp³-hybridized carbons (Fsp3) is 0.571. The summed E-state index contributed by atoms with van der Waals surface area (Å²) in [6, 6.07) is 6.74. The number of methoxy groups -OCH3 is 2.